The molecule has 0 unspecified atom stereocenters. The minimum absolute atomic E-state index is 0.1000. The fourth-order valence-electron chi connectivity index (χ4n) is 7.80. The van der Waals surface area contributed by atoms with E-state index < -0.39 is 40.9 Å². The molecule has 5 atom stereocenters. The highest BCUT2D eigenvalue weighted by Crippen LogP contribution is 2.68. The number of aliphatic hydroxyl groups excluding tert-OH is 1. The van der Waals surface area contributed by atoms with Crippen molar-refractivity contribution in [3.05, 3.63) is 154 Å². The summed E-state index contributed by atoms with van der Waals surface area (Å²) >= 11 is 0. The van der Waals surface area contributed by atoms with Crippen LogP contribution in [-0.4, -0.2) is 67.0 Å². The number of rotatable bonds is 16. The van der Waals surface area contributed by atoms with Crippen LogP contribution in [0.4, 0.5) is 5.82 Å². The van der Waals surface area contributed by atoms with Crippen molar-refractivity contribution in [3.63, 3.8) is 0 Å². The third-order valence-corrected chi connectivity index (χ3v) is 10.7. The first-order valence-corrected chi connectivity index (χ1v) is 18.0. The lowest BCUT2D eigenvalue weighted by Crippen LogP contribution is -2.42. The molecule has 7 rings (SSSR count). The molecule has 0 spiro atoms. The van der Waals surface area contributed by atoms with Gasteiger partial charge in [0.15, 0.2) is 0 Å². The number of aliphatic hydroxyl groups is 1. The van der Waals surface area contributed by atoms with Gasteiger partial charge in [-0.3, -0.25) is 9.36 Å². The second kappa shape index (κ2) is 16.3. The van der Waals surface area contributed by atoms with E-state index in [0.29, 0.717) is 23.5 Å². The lowest BCUT2D eigenvalue weighted by molar-refractivity contribution is -0.145. The lowest BCUT2D eigenvalue weighted by atomic mass is 9.79. The molecule has 4 aromatic carbocycles. The largest absolute Gasteiger partial charge is 0.497 e. The Bertz CT molecular complexity index is 2130. The molecule has 0 aliphatic heterocycles. The highest BCUT2D eigenvalue weighted by atomic mass is 16.7. The van der Waals surface area contributed by atoms with Gasteiger partial charge >= 0.3 is 5.69 Å². The molecule has 0 radical (unpaired) electrons. The first kappa shape index (κ1) is 37.5. The number of hydrogen-bond acceptors (Lipinski definition) is 10. The predicted molar refractivity (Wildman–Crippen MR) is 203 cm³/mol. The molecule has 5 aromatic rings. The van der Waals surface area contributed by atoms with E-state index in [9.17, 15) is 14.7 Å². The molecule has 55 heavy (non-hydrogen) atoms. The van der Waals surface area contributed by atoms with Crippen molar-refractivity contribution in [2.75, 3.05) is 39.5 Å². The summed E-state index contributed by atoms with van der Waals surface area (Å²) < 4.78 is 31.4. The van der Waals surface area contributed by atoms with Crippen molar-refractivity contribution < 1.29 is 33.6 Å². The van der Waals surface area contributed by atoms with E-state index >= 15 is 0 Å². The standard InChI is InChI=1S/C43H42N4O8/c1-51-33-18-14-31(15-19-33)43(30-12-7-4-8-13-30,32-16-20-34(52-2)21-17-32)55-27-42-26-35(42)37(38(39(42)48)54-28-53-25-9-23-44)47-24-22-36(46-41(47)50)45-40(49)29-10-5-3-6-11-29/h3-8,10-22,24,35,37-39,48H,9,25-28H2,1-2H3,(H,45,46,49,50)/t35-,37-,38+,39+,42+/m1/s1. The number of amides is 1. The maximum absolute atomic E-state index is 13.7. The summed E-state index contributed by atoms with van der Waals surface area (Å²) in [6.45, 7) is 0.0652. The van der Waals surface area contributed by atoms with E-state index in [1.165, 1.54) is 4.57 Å². The van der Waals surface area contributed by atoms with Crippen LogP contribution in [0.3, 0.4) is 0 Å². The Morgan fingerprint density at radius 2 is 1.51 bits per heavy atom. The molecule has 0 saturated heterocycles. The Labute approximate surface area is 318 Å². The van der Waals surface area contributed by atoms with Crippen LogP contribution in [-0.2, 0) is 19.8 Å². The van der Waals surface area contributed by atoms with Crippen LogP contribution in [0.5, 0.6) is 11.5 Å². The molecule has 12 nitrogen and oxygen atoms in total. The van der Waals surface area contributed by atoms with Crippen LogP contribution in [0, 0.1) is 22.7 Å². The lowest BCUT2D eigenvalue weighted by Gasteiger charge is -2.38. The summed E-state index contributed by atoms with van der Waals surface area (Å²) in [5, 5.41) is 23.8. The first-order chi connectivity index (χ1) is 26.8. The Morgan fingerprint density at radius 1 is 0.909 bits per heavy atom. The maximum Gasteiger partial charge on any atom is 0.349 e. The van der Waals surface area contributed by atoms with Gasteiger partial charge in [0.2, 0.25) is 0 Å². The minimum Gasteiger partial charge on any atom is -0.497 e. The van der Waals surface area contributed by atoms with Gasteiger partial charge in [0.1, 0.15) is 35.8 Å². The van der Waals surface area contributed by atoms with Crippen LogP contribution in [0.25, 0.3) is 0 Å². The van der Waals surface area contributed by atoms with Crippen molar-refractivity contribution in [1.82, 2.24) is 9.55 Å². The van der Waals surface area contributed by atoms with Crippen molar-refractivity contribution in [3.8, 4) is 17.6 Å². The number of nitrogens with one attached hydrogen (secondary N) is 1. The molecule has 2 saturated carbocycles. The van der Waals surface area contributed by atoms with Crippen LogP contribution in [0.2, 0.25) is 0 Å². The summed E-state index contributed by atoms with van der Waals surface area (Å²) in [5.41, 5.74) is 0.435. The number of aromatic nitrogens is 2. The maximum atomic E-state index is 13.7. The average molecular weight is 743 g/mol. The van der Waals surface area contributed by atoms with Gasteiger partial charge in [-0.2, -0.15) is 10.2 Å². The zero-order valence-electron chi connectivity index (χ0n) is 30.5. The Balaban J connectivity index is 1.23. The average Bonchev–Trinajstić information content (AvgIpc) is 3.91. The SMILES string of the molecule is COc1ccc(C(OC[C@@]23C[C@@H]2[C@@H](n2ccc(NC(=O)c4ccccc4)nc2=O)[C@H](OCOCCC#N)[C@@H]3O)(c2ccccc2)c2ccc(OC)cc2)cc1. The Morgan fingerprint density at radius 3 is 2.09 bits per heavy atom. The van der Waals surface area contributed by atoms with Gasteiger partial charge in [0, 0.05) is 17.2 Å². The molecule has 1 amide bonds. The summed E-state index contributed by atoms with van der Waals surface area (Å²) in [5.74, 6) is 0.847. The zero-order chi connectivity index (χ0) is 38.4. The number of ether oxygens (including phenoxy) is 5. The molecular weight excluding hydrogens is 700 g/mol. The molecule has 1 heterocycles. The number of hydrogen-bond donors (Lipinski definition) is 2. The van der Waals surface area contributed by atoms with Crippen molar-refractivity contribution in [2.45, 2.75) is 36.7 Å². The van der Waals surface area contributed by atoms with E-state index in [4.69, 9.17) is 28.9 Å². The second-order valence-electron chi connectivity index (χ2n) is 13.7. The quantitative estimate of drug-likeness (QED) is 0.0730. The smallest absolute Gasteiger partial charge is 0.349 e. The van der Waals surface area contributed by atoms with Gasteiger partial charge in [0.25, 0.3) is 5.91 Å². The molecule has 282 valence electrons. The molecule has 0 bridgehead atoms. The molecule has 12 heteroatoms. The van der Waals surface area contributed by atoms with E-state index in [0.717, 1.165) is 16.7 Å². The van der Waals surface area contributed by atoms with E-state index in [1.54, 1.807) is 50.7 Å². The second-order valence-corrected chi connectivity index (χ2v) is 13.7. The monoisotopic (exact) mass is 742 g/mol. The van der Waals surface area contributed by atoms with Crippen LogP contribution >= 0.6 is 0 Å². The van der Waals surface area contributed by atoms with Crippen LogP contribution in [0.15, 0.2) is 126 Å². The summed E-state index contributed by atoms with van der Waals surface area (Å²) in [4.78, 5) is 30.7. The van der Waals surface area contributed by atoms with E-state index in [1.807, 2.05) is 91.0 Å². The molecule has 2 aliphatic carbocycles. The van der Waals surface area contributed by atoms with Gasteiger partial charge in [0.05, 0.1) is 52.1 Å². The number of anilines is 1. The highest BCUT2D eigenvalue weighted by Gasteiger charge is 2.72. The van der Waals surface area contributed by atoms with Gasteiger partial charge in [-0.1, -0.05) is 72.8 Å². The highest BCUT2D eigenvalue weighted by molar-refractivity contribution is 6.03. The molecule has 2 aliphatic rings. The number of benzene rings is 4. The molecule has 1 aromatic heterocycles. The van der Waals surface area contributed by atoms with E-state index in [2.05, 4.69) is 10.3 Å². The molecule has 2 fully saturated rings. The predicted octanol–water partition coefficient (Wildman–Crippen LogP) is 5.72. The third-order valence-electron chi connectivity index (χ3n) is 10.7. The molecule has 2 N–H and O–H groups in total. The number of fused-ring (bicyclic) bond motifs is 1. The molecular formula is C43H42N4O8. The Kier molecular flexibility index (Phi) is 11.1. The third kappa shape index (κ3) is 7.35. The number of nitriles is 1. The number of carbonyl (C=O) groups excluding carboxylic acids is 1. The van der Waals surface area contributed by atoms with Gasteiger partial charge in [-0.25, -0.2) is 4.79 Å². The minimum atomic E-state index is -1.13. The van der Waals surface area contributed by atoms with E-state index in [-0.39, 0.29) is 38.2 Å². The van der Waals surface area contributed by atoms with Gasteiger partial charge in [-0.15, -0.1) is 0 Å². The number of methoxy groups -OCH3 is 2. The fraction of sp³-hybridized carbons (Fsp3) is 0.302. The number of nitrogens with zero attached hydrogens (tertiary/aromatic N) is 3. The zero-order valence-corrected chi connectivity index (χ0v) is 30.5. The van der Waals surface area contributed by atoms with Crippen molar-refractivity contribution in [2.24, 2.45) is 11.3 Å². The van der Waals surface area contributed by atoms with Gasteiger partial charge < -0.3 is 34.1 Å². The summed E-state index contributed by atoms with van der Waals surface area (Å²) in [6, 6.07) is 36.9. The number of carbonyl (C=O) groups is 1. The van der Waals surface area contributed by atoms with Crippen molar-refractivity contribution in [1.29, 1.82) is 5.26 Å². The summed E-state index contributed by atoms with van der Waals surface area (Å²) in [7, 11) is 3.23. The normalized spacial score (nSPS) is 21.3. The van der Waals surface area contributed by atoms with Gasteiger partial charge in [-0.05, 0) is 71.5 Å². The van der Waals surface area contributed by atoms with Crippen LogP contribution in [0.1, 0.15) is 45.9 Å². The topological polar surface area (TPSA) is 154 Å². The fourth-order valence-corrected chi connectivity index (χ4v) is 7.80. The summed E-state index contributed by atoms with van der Waals surface area (Å²) in [6.07, 6.45) is 0.355. The van der Waals surface area contributed by atoms with Crippen LogP contribution < -0.4 is 20.5 Å². The van der Waals surface area contributed by atoms with Crippen molar-refractivity contribution >= 4 is 11.7 Å². The first-order valence-electron chi connectivity index (χ1n) is 18.0. The Hall–Kier alpha value is -5.84.